The second-order valence-electron chi connectivity index (χ2n) is 7.14. The Morgan fingerprint density at radius 1 is 0.486 bits per heavy atom. The van der Waals surface area contributed by atoms with Gasteiger partial charge in [-0.3, -0.25) is 9.98 Å². The van der Waals surface area contributed by atoms with Gasteiger partial charge < -0.3 is 4.90 Å². The minimum absolute atomic E-state index is 0.529. The van der Waals surface area contributed by atoms with Crippen LogP contribution in [0.15, 0.2) is 107 Å². The van der Waals surface area contributed by atoms with Gasteiger partial charge in [0.2, 0.25) is 0 Å². The second kappa shape index (κ2) is 17.7. The van der Waals surface area contributed by atoms with Crippen LogP contribution in [-0.4, -0.2) is 6.67 Å². The van der Waals surface area contributed by atoms with Crippen LogP contribution in [0.3, 0.4) is 0 Å². The molecule has 37 heavy (non-hydrogen) atoms. The predicted octanol–water partition coefficient (Wildman–Crippen LogP) is 9.45. The molecule has 0 fully saturated rings. The summed E-state index contributed by atoms with van der Waals surface area (Å²) in [7, 11) is 0. The smallest absolute Gasteiger partial charge is 0.130 e. The summed E-state index contributed by atoms with van der Waals surface area (Å²) >= 11 is 0. The van der Waals surface area contributed by atoms with Crippen LogP contribution in [0, 0.1) is 6.92 Å². The van der Waals surface area contributed by atoms with E-state index in [-0.39, 0.29) is 0 Å². The van der Waals surface area contributed by atoms with E-state index in [4.69, 9.17) is 0 Å². The van der Waals surface area contributed by atoms with E-state index in [9.17, 15) is 0 Å². The van der Waals surface area contributed by atoms with Gasteiger partial charge in [0.25, 0.3) is 0 Å². The molecule has 3 nitrogen and oxygen atoms in total. The van der Waals surface area contributed by atoms with Gasteiger partial charge in [-0.1, -0.05) is 116 Å². The zero-order chi connectivity index (χ0) is 27.6. The van der Waals surface area contributed by atoms with Crippen molar-refractivity contribution in [1.82, 2.24) is 0 Å². The SMILES string of the molecule is CC.CC.CC.CC.Cc1ccc(-c2ccc(N(c3ccccc3)c3ccccc3)cc2)c2c1=NCN=2. The van der Waals surface area contributed by atoms with Crippen LogP contribution in [0.1, 0.15) is 61.0 Å². The number of benzene rings is 4. The zero-order valence-electron chi connectivity index (χ0n) is 24.3. The van der Waals surface area contributed by atoms with Gasteiger partial charge in [0, 0.05) is 22.6 Å². The molecule has 0 aromatic heterocycles. The van der Waals surface area contributed by atoms with Crippen molar-refractivity contribution >= 4 is 17.1 Å². The van der Waals surface area contributed by atoms with Gasteiger partial charge in [0.1, 0.15) is 6.67 Å². The lowest BCUT2D eigenvalue weighted by Gasteiger charge is -2.25. The third kappa shape index (κ3) is 7.88. The summed E-state index contributed by atoms with van der Waals surface area (Å²) in [4.78, 5) is 11.4. The molecule has 1 aliphatic rings. The van der Waals surface area contributed by atoms with Crippen LogP contribution in [0.5, 0.6) is 0 Å². The van der Waals surface area contributed by atoms with Crippen LogP contribution in [0.2, 0.25) is 0 Å². The molecule has 5 rings (SSSR count). The number of rotatable bonds is 4. The maximum absolute atomic E-state index is 4.61. The summed E-state index contributed by atoms with van der Waals surface area (Å²) in [6.45, 7) is 18.6. The normalized spacial score (nSPS) is 10.1. The van der Waals surface area contributed by atoms with Crippen LogP contribution in [0.25, 0.3) is 11.1 Å². The minimum Gasteiger partial charge on any atom is -0.311 e. The molecule has 4 aromatic rings. The molecule has 4 aromatic carbocycles. The highest BCUT2D eigenvalue weighted by molar-refractivity contribution is 5.78. The molecule has 0 bridgehead atoms. The highest BCUT2D eigenvalue weighted by Crippen LogP contribution is 2.34. The number of hydrogen-bond acceptors (Lipinski definition) is 3. The summed E-state index contributed by atoms with van der Waals surface area (Å²) in [5, 5.41) is 2.04. The van der Waals surface area contributed by atoms with Crippen LogP contribution in [0.4, 0.5) is 17.1 Å². The average molecular weight is 496 g/mol. The fraction of sp³-hybridized carbons (Fsp3) is 0.294. The van der Waals surface area contributed by atoms with Crippen molar-refractivity contribution in [3.05, 3.63) is 113 Å². The molecule has 0 aliphatic carbocycles. The quantitative estimate of drug-likeness (QED) is 0.277. The first-order valence-electron chi connectivity index (χ1n) is 13.8. The van der Waals surface area contributed by atoms with Gasteiger partial charge in [0.15, 0.2) is 0 Å². The third-order valence-corrected chi connectivity index (χ3v) is 5.28. The van der Waals surface area contributed by atoms with Crippen molar-refractivity contribution in [1.29, 1.82) is 0 Å². The van der Waals surface area contributed by atoms with Gasteiger partial charge in [-0.15, -0.1) is 0 Å². The maximum atomic E-state index is 4.61. The van der Waals surface area contributed by atoms with Crippen molar-refractivity contribution in [3.8, 4) is 11.1 Å². The van der Waals surface area contributed by atoms with Crippen molar-refractivity contribution in [3.63, 3.8) is 0 Å². The van der Waals surface area contributed by atoms with Crippen molar-refractivity contribution in [2.75, 3.05) is 11.6 Å². The molecule has 3 heteroatoms. The van der Waals surface area contributed by atoms with E-state index in [0.29, 0.717) is 6.67 Å². The Balaban J connectivity index is 0.000000784. The first kappa shape index (κ1) is 31.3. The zero-order valence-corrected chi connectivity index (χ0v) is 24.3. The molecular weight excluding hydrogens is 450 g/mol. The monoisotopic (exact) mass is 495 g/mol. The van der Waals surface area contributed by atoms with E-state index < -0.39 is 0 Å². The standard InChI is InChI=1S/C26H21N3.4C2H6/c1-19-12-17-24(26-25(19)27-18-28-26)20-13-15-23(16-14-20)29(21-8-4-2-5-9-21)22-10-6-3-7-11-22;4*1-2/h2-17H,18H2,1H3;4*1-2H3. The van der Waals surface area contributed by atoms with Gasteiger partial charge in [0.05, 0.1) is 10.7 Å². The topological polar surface area (TPSA) is 28.0 Å². The lowest BCUT2D eigenvalue weighted by molar-refractivity contribution is 1.05. The van der Waals surface area contributed by atoms with E-state index in [1.54, 1.807) is 0 Å². The molecule has 0 amide bonds. The van der Waals surface area contributed by atoms with E-state index >= 15 is 0 Å². The summed E-state index contributed by atoms with van der Waals surface area (Å²) in [6, 6.07) is 33.9. The molecule has 0 unspecified atom stereocenters. The number of aryl methyl sites for hydroxylation is 1. The maximum Gasteiger partial charge on any atom is 0.130 e. The van der Waals surface area contributed by atoms with Gasteiger partial charge in [-0.2, -0.15) is 0 Å². The number of hydrogen-bond donors (Lipinski definition) is 0. The van der Waals surface area contributed by atoms with E-state index in [0.717, 1.165) is 38.9 Å². The van der Waals surface area contributed by atoms with Gasteiger partial charge >= 0.3 is 0 Å². The lowest BCUT2D eigenvalue weighted by Crippen LogP contribution is -2.26. The molecule has 1 heterocycles. The average Bonchev–Trinajstić information content (AvgIpc) is 3.51. The summed E-state index contributed by atoms with van der Waals surface area (Å²) in [6.07, 6.45) is 0. The molecular formula is C34H45N3. The Morgan fingerprint density at radius 3 is 1.41 bits per heavy atom. The summed E-state index contributed by atoms with van der Waals surface area (Å²) in [5.74, 6) is 0. The molecule has 0 N–H and O–H groups in total. The van der Waals surface area contributed by atoms with Crippen LogP contribution in [-0.2, 0) is 0 Å². The molecule has 0 radical (unpaired) electrons. The molecule has 0 saturated heterocycles. The third-order valence-electron chi connectivity index (χ3n) is 5.28. The van der Waals surface area contributed by atoms with E-state index in [1.165, 1.54) is 5.56 Å². The number of anilines is 3. The van der Waals surface area contributed by atoms with Crippen LogP contribution >= 0.6 is 0 Å². The molecule has 0 saturated carbocycles. The second-order valence-corrected chi connectivity index (χ2v) is 7.14. The molecule has 0 atom stereocenters. The molecule has 196 valence electrons. The van der Waals surface area contributed by atoms with Crippen molar-refractivity contribution < 1.29 is 0 Å². The number of para-hydroxylation sites is 2. The summed E-state index contributed by atoms with van der Waals surface area (Å²) < 4.78 is 0. The van der Waals surface area contributed by atoms with Crippen molar-refractivity contribution in [2.45, 2.75) is 62.3 Å². The van der Waals surface area contributed by atoms with Crippen molar-refractivity contribution in [2.24, 2.45) is 9.98 Å². The minimum atomic E-state index is 0.529. The fourth-order valence-electron chi connectivity index (χ4n) is 3.84. The van der Waals surface area contributed by atoms with Gasteiger partial charge in [-0.05, 0) is 54.4 Å². The Kier molecular flexibility index (Phi) is 15.0. The van der Waals surface area contributed by atoms with E-state index in [1.807, 2.05) is 67.5 Å². The summed E-state index contributed by atoms with van der Waals surface area (Å²) in [5.41, 5.74) is 6.88. The Hall–Kier alpha value is -3.72. The Morgan fingerprint density at radius 2 is 0.919 bits per heavy atom. The predicted molar refractivity (Wildman–Crippen MR) is 164 cm³/mol. The Bertz CT molecular complexity index is 1220. The lowest BCUT2D eigenvalue weighted by atomic mass is 10.0. The first-order chi connectivity index (χ1) is 18.3. The largest absolute Gasteiger partial charge is 0.311 e. The van der Waals surface area contributed by atoms with Gasteiger partial charge in [-0.25, -0.2) is 0 Å². The fourth-order valence-corrected chi connectivity index (χ4v) is 3.84. The Labute approximate surface area is 225 Å². The highest BCUT2D eigenvalue weighted by atomic mass is 15.1. The van der Waals surface area contributed by atoms with E-state index in [2.05, 4.69) is 107 Å². The highest BCUT2D eigenvalue weighted by Gasteiger charge is 2.13. The number of nitrogens with zero attached hydrogens (tertiary/aromatic N) is 3. The number of fused-ring (bicyclic) bond motifs is 1. The molecule has 1 aliphatic heterocycles. The first-order valence-corrected chi connectivity index (χ1v) is 13.8. The molecule has 0 spiro atoms. The van der Waals surface area contributed by atoms with Crippen LogP contribution < -0.4 is 15.6 Å².